The van der Waals surface area contributed by atoms with Gasteiger partial charge in [-0.2, -0.15) is 0 Å². The molecule has 0 N–H and O–H groups in total. The fourth-order valence-electron chi connectivity index (χ4n) is 3.37. The van der Waals surface area contributed by atoms with Crippen molar-refractivity contribution in [2.24, 2.45) is 16.3 Å². The predicted octanol–water partition coefficient (Wildman–Crippen LogP) is 5.98. The molecule has 126 valence electrons. The lowest BCUT2D eigenvalue weighted by molar-refractivity contribution is -0.102. The molecule has 23 heavy (non-hydrogen) atoms. The fourth-order valence-corrected chi connectivity index (χ4v) is 3.90. The minimum atomic E-state index is -0.188. The van der Waals surface area contributed by atoms with Crippen LogP contribution < -0.4 is 0 Å². The van der Waals surface area contributed by atoms with Crippen LogP contribution in [0.3, 0.4) is 0 Å². The second-order valence-corrected chi connectivity index (χ2v) is 8.78. The lowest BCUT2D eigenvalue weighted by Gasteiger charge is -2.40. The minimum Gasteiger partial charge on any atom is -0.296 e. The largest absolute Gasteiger partial charge is 0.296 e. The van der Waals surface area contributed by atoms with Crippen molar-refractivity contribution in [3.63, 3.8) is 0 Å². The molecule has 0 aliphatic heterocycles. The van der Waals surface area contributed by atoms with E-state index in [9.17, 15) is 4.79 Å². The monoisotopic (exact) mass is 353 g/mol. The van der Waals surface area contributed by atoms with Gasteiger partial charge in [0.25, 0.3) is 0 Å². The molecular formula is C19H25Cl2NO. The molecule has 0 spiro atoms. The number of hydrogen-bond acceptors (Lipinski definition) is 2. The van der Waals surface area contributed by atoms with E-state index in [1.54, 1.807) is 18.2 Å². The van der Waals surface area contributed by atoms with Crippen LogP contribution >= 0.6 is 23.2 Å². The minimum absolute atomic E-state index is 0.188. The van der Waals surface area contributed by atoms with Crippen LogP contribution in [0, 0.1) is 11.3 Å². The highest BCUT2D eigenvalue weighted by Gasteiger charge is 2.35. The van der Waals surface area contributed by atoms with Crippen molar-refractivity contribution in [3.05, 3.63) is 33.8 Å². The van der Waals surface area contributed by atoms with Gasteiger partial charge in [0, 0.05) is 15.6 Å². The number of aldehydes is 1. The maximum atomic E-state index is 11.6. The zero-order valence-corrected chi connectivity index (χ0v) is 15.8. The van der Waals surface area contributed by atoms with Gasteiger partial charge < -0.3 is 0 Å². The number of rotatable bonds is 3. The third-order valence-electron chi connectivity index (χ3n) is 4.95. The Hall–Kier alpha value is -0.860. The lowest BCUT2D eigenvalue weighted by atomic mass is 9.68. The SMILES string of the molecule is CC1(N=C(C=O)c2cc(Cl)cc(Cl)c2)CCC(C(C)(C)C)CC1. The van der Waals surface area contributed by atoms with Crippen LogP contribution in [0.2, 0.25) is 10.0 Å². The first-order valence-electron chi connectivity index (χ1n) is 8.14. The van der Waals surface area contributed by atoms with Crippen molar-refractivity contribution >= 4 is 35.2 Å². The Morgan fingerprint density at radius 3 is 2.13 bits per heavy atom. The Balaban J connectivity index is 2.23. The molecule has 1 aliphatic carbocycles. The molecule has 1 saturated carbocycles. The smallest absolute Gasteiger partial charge is 0.168 e. The Labute approximate surface area is 149 Å². The molecule has 0 saturated heterocycles. The predicted molar refractivity (Wildman–Crippen MR) is 98.9 cm³/mol. The van der Waals surface area contributed by atoms with E-state index in [1.807, 2.05) is 0 Å². The molecule has 1 fully saturated rings. The molecule has 0 amide bonds. The molecule has 0 radical (unpaired) electrons. The van der Waals surface area contributed by atoms with E-state index in [-0.39, 0.29) is 5.54 Å². The van der Waals surface area contributed by atoms with Crippen molar-refractivity contribution in [1.29, 1.82) is 0 Å². The number of carbonyl (C=O) groups excluding carboxylic acids is 1. The van der Waals surface area contributed by atoms with E-state index < -0.39 is 0 Å². The third kappa shape index (κ3) is 4.81. The number of aliphatic imine (C=N–C) groups is 1. The molecular weight excluding hydrogens is 329 g/mol. The third-order valence-corrected chi connectivity index (χ3v) is 5.38. The summed E-state index contributed by atoms with van der Waals surface area (Å²) >= 11 is 12.1. The van der Waals surface area contributed by atoms with Crippen molar-refractivity contribution in [3.8, 4) is 0 Å². The highest BCUT2D eigenvalue weighted by atomic mass is 35.5. The Morgan fingerprint density at radius 2 is 1.70 bits per heavy atom. The molecule has 2 rings (SSSR count). The number of hydrogen-bond donors (Lipinski definition) is 0. The normalized spacial score (nSPS) is 26.2. The number of nitrogens with zero attached hydrogens (tertiary/aromatic N) is 1. The second kappa shape index (κ2) is 6.94. The Bertz CT molecular complexity index is 588. The molecule has 0 bridgehead atoms. The molecule has 0 heterocycles. The van der Waals surface area contributed by atoms with E-state index in [0.29, 0.717) is 32.7 Å². The number of benzene rings is 1. The van der Waals surface area contributed by atoms with Crippen LogP contribution in [-0.2, 0) is 4.79 Å². The summed E-state index contributed by atoms with van der Waals surface area (Å²) in [6, 6.07) is 5.14. The van der Waals surface area contributed by atoms with Gasteiger partial charge in [-0.25, -0.2) is 0 Å². The van der Waals surface area contributed by atoms with Gasteiger partial charge in [-0.1, -0.05) is 44.0 Å². The van der Waals surface area contributed by atoms with Gasteiger partial charge in [-0.15, -0.1) is 0 Å². The van der Waals surface area contributed by atoms with E-state index in [0.717, 1.165) is 32.0 Å². The molecule has 1 aromatic carbocycles. The van der Waals surface area contributed by atoms with Gasteiger partial charge in [0.05, 0.1) is 5.54 Å². The lowest BCUT2D eigenvalue weighted by Crippen LogP contribution is -2.34. The second-order valence-electron chi connectivity index (χ2n) is 7.91. The molecule has 4 heteroatoms. The zero-order chi connectivity index (χ0) is 17.3. The van der Waals surface area contributed by atoms with Gasteiger partial charge in [-0.3, -0.25) is 9.79 Å². The maximum absolute atomic E-state index is 11.6. The van der Waals surface area contributed by atoms with Crippen molar-refractivity contribution < 1.29 is 4.79 Å². The fraction of sp³-hybridized carbons (Fsp3) is 0.579. The first kappa shape index (κ1) is 18.5. The van der Waals surface area contributed by atoms with Crippen LogP contribution in [0.4, 0.5) is 0 Å². The molecule has 0 atom stereocenters. The highest BCUT2D eigenvalue weighted by Crippen LogP contribution is 2.43. The summed E-state index contributed by atoms with van der Waals surface area (Å²) < 4.78 is 0. The summed E-state index contributed by atoms with van der Waals surface area (Å²) in [6.07, 6.45) is 5.10. The van der Waals surface area contributed by atoms with Crippen LogP contribution in [0.1, 0.15) is 58.9 Å². The summed E-state index contributed by atoms with van der Waals surface area (Å²) in [5.41, 5.74) is 1.27. The van der Waals surface area contributed by atoms with E-state index >= 15 is 0 Å². The summed E-state index contributed by atoms with van der Waals surface area (Å²) in [7, 11) is 0. The number of carbonyl (C=O) groups is 1. The highest BCUT2D eigenvalue weighted by molar-refractivity contribution is 6.39. The first-order valence-corrected chi connectivity index (χ1v) is 8.90. The summed E-state index contributed by atoms with van der Waals surface area (Å²) in [5, 5.41) is 1.03. The van der Waals surface area contributed by atoms with Gasteiger partial charge in [-0.05, 0) is 62.1 Å². The van der Waals surface area contributed by atoms with Gasteiger partial charge >= 0.3 is 0 Å². The van der Waals surface area contributed by atoms with Crippen molar-refractivity contribution in [2.45, 2.75) is 58.9 Å². The Kier molecular flexibility index (Phi) is 5.58. The van der Waals surface area contributed by atoms with E-state index in [4.69, 9.17) is 28.2 Å². The van der Waals surface area contributed by atoms with Crippen LogP contribution in [0.5, 0.6) is 0 Å². The summed E-state index contributed by atoms with van der Waals surface area (Å²) in [6.45, 7) is 9.04. The number of halogens is 2. The van der Waals surface area contributed by atoms with Crippen LogP contribution in [-0.4, -0.2) is 17.5 Å². The van der Waals surface area contributed by atoms with Crippen LogP contribution in [0.25, 0.3) is 0 Å². The molecule has 1 aliphatic rings. The molecule has 0 unspecified atom stereocenters. The van der Waals surface area contributed by atoms with Crippen LogP contribution in [0.15, 0.2) is 23.2 Å². The Morgan fingerprint density at radius 1 is 1.17 bits per heavy atom. The van der Waals surface area contributed by atoms with E-state index in [2.05, 4.69) is 27.7 Å². The van der Waals surface area contributed by atoms with Gasteiger partial charge in [0.2, 0.25) is 0 Å². The first-order chi connectivity index (χ1) is 10.6. The topological polar surface area (TPSA) is 29.4 Å². The quantitative estimate of drug-likeness (QED) is 0.485. The van der Waals surface area contributed by atoms with Gasteiger partial charge in [0.1, 0.15) is 5.71 Å². The maximum Gasteiger partial charge on any atom is 0.168 e. The molecule has 1 aromatic rings. The van der Waals surface area contributed by atoms with E-state index in [1.165, 1.54) is 0 Å². The summed E-state index contributed by atoms with van der Waals surface area (Å²) in [5.74, 6) is 0.714. The zero-order valence-electron chi connectivity index (χ0n) is 14.3. The average Bonchev–Trinajstić information content (AvgIpc) is 2.43. The summed E-state index contributed by atoms with van der Waals surface area (Å²) in [4.78, 5) is 16.3. The van der Waals surface area contributed by atoms with Crippen molar-refractivity contribution in [1.82, 2.24) is 0 Å². The average molecular weight is 354 g/mol. The molecule has 0 aromatic heterocycles. The van der Waals surface area contributed by atoms with Gasteiger partial charge in [0.15, 0.2) is 6.29 Å². The standard InChI is InChI=1S/C19H25Cl2NO/c1-18(2,3)14-5-7-19(4,8-6-14)22-17(12-23)13-9-15(20)11-16(21)10-13/h9-12,14H,5-8H2,1-4H3. The molecule has 2 nitrogen and oxygen atoms in total. The van der Waals surface area contributed by atoms with Crippen molar-refractivity contribution in [2.75, 3.05) is 0 Å².